The van der Waals surface area contributed by atoms with Crippen molar-refractivity contribution in [3.05, 3.63) is 0 Å². The molecule has 0 rings (SSSR count). The first-order valence-electron chi connectivity index (χ1n) is 31.5. The first kappa shape index (κ1) is 67.4. The van der Waals surface area contributed by atoms with Gasteiger partial charge in [-0.3, -0.25) is 14.4 Å². The highest BCUT2D eigenvalue weighted by Gasteiger charge is 2.19. The summed E-state index contributed by atoms with van der Waals surface area (Å²) in [5, 5.41) is 0. The van der Waals surface area contributed by atoms with Crippen molar-refractivity contribution in [3.63, 3.8) is 0 Å². The molecule has 0 bridgehead atoms. The number of unbranched alkanes of at least 4 members (excludes halogenated alkanes) is 48. The van der Waals surface area contributed by atoms with Gasteiger partial charge in [0.15, 0.2) is 6.10 Å². The van der Waals surface area contributed by atoms with Crippen LogP contribution in [0, 0.1) is 0 Å². The molecule has 0 aromatic heterocycles. The Kier molecular flexibility index (Phi) is 57.6. The van der Waals surface area contributed by atoms with E-state index in [0.29, 0.717) is 19.3 Å². The summed E-state index contributed by atoms with van der Waals surface area (Å²) in [6.45, 7) is 6.65. The summed E-state index contributed by atoms with van der Waals surface area (Å²) in [5.74, 6) is -0.845. The minimum atomic E-state index is -0.760. The fourth-order valence-corrected chi connectivity index (χ4v) is 9.86. The van der Waals surface area contributed by atoms with E-state index in [4.69, 9.17) is 14.2 Å². The van der Waals surface area contributed by atoms with E-state index in [2.05, 4.69) is 20.8 Å². The molecule has 0 radical (unpaired) electrons. The summed E-state index contributed by atoms with van der Waals surface area (Å²) >= 11 is 0. The van der Waals surface area contributed by atoms with E-state index < -0.39 is 6.10 Å². The quantitative estimate of drug-likeness (QED) is 0.0343. The lowest BCUT2D eigenvalue weighted by Gasteiger charge is -2.18. The lowest BCUT2D eigenvalue weighted by Crippen LogP contribution is -2.30. The van der Waals surface area contributed by atoms with Crippen LogP contribution in [0.5, 0.6) is 0 Å². The fraction of sp³-hybridized carbons (Fsp3) is 0.952. The Labute approximate surface area is 431 Å². The number of rotatable bonds is 59. The molecular weight excluding hydrogens is 853 g/mol. The number of carbonyl (C=O) groups is 3. The van der Waals surface area contributed by atoms with E-state index in [0.717, 1.165) is 57.8 Å². The standard InChI is InChI=1S/C63H122O6/c1-4-7-10-13-16-18-20-22-24-25-26-27-28-29-30-31-32-33-34-35-36-37-38-40-41-43-45-47-50-53-56-62(65)68-59-60(58-67-61(64)55-52-49-15-12-9-6-3)69-63(66)57-54-51-48-46-44-42-39-23-21-19-17-14-11-8-5-2/h60H,4-59H2,1-3H3. The van der Waals surface area contributed by atoms with Crippen LogP contribution in [0.1, 0.15) is 367 Å². The van der Waals surface area contributed by atoms with Gasteiger partial charge in [0.25, 0.3) is 0 Å². The van der Waals surface area contributed by atoms with Crippen LogP contribution in [0.25, 0.3) is 0 Å². The molecular formula is C63H122O6. The summed E-state index contributed by atoms with van der Waals surface area (Å²) in [6, 6.07) is 0. The van der Waals surface area contributed by atoms with Crippen molar-refractivity contribution in [2.45, 2.75) is 374 Å². The molecule has 6 heteroatoms. The molecule has 0 aliphatic rings. The molecule has 0 saturated carbocycles. The van der Waals surface area contributed by atoms with Gasteiger partial charge >= 0.3 is 17.9 Å². The molecule has 0 aromatic rings. The Morgan fingerprint density at radius 3 is 0.580 bits per heavy atom. The second-order valence-electron chi connectivity index (χ2n) is 21.7. The van der Waals surface area contributed by atoms with Crippen molar-refractivity contribution >= 4 is 17.9 Å². The second-order valence-corrected chi connectivity index (χ2v) is 21.7. The molecule has 0 aromatic carbocycles. The number of hydrogen-bond acceptors (Lipinski definition) is 6. The predicted molar refractivity (Wildman–Crippen MR) is 298 cm³/mol. The third kappa shape index (κ3) is 57.2. The Morgan fingerprint density at radius 2 is 0.391 bits per heavy atom. The summed E-state index contributed by atoms with van der Waals surface area (Å²) in [5.41, 5.74) is 0. The third-order valence-electron chi connectivity index (χ3n) is 14.6. The topological polar surface area (TPSA) is 78.9 Å². The molecule has 1 atom stereocenters. The Morgan fingerprint density at radius 1 is 0.232 bits per heavy atom. The summed E-state index contributed by atoms with van der Waals surface area (Å²) in [7, 11) is 0. The number of esters is 3. The van der Waals surface area contributed by atoms with Crippen molar-refractivity contribution in [1.82, 2.24) is 0 Å². The van der Waals surface area contributed by atoms with Gasteiger partial charge in [0.05, 0.1) is 0 Å². The highest BCUT2D eigenvalue weighted by molar-refractivity contribution is 5.71. The van der Waals surface area contributed by atoms with E-state index in [9.17, 15) is 14.4 Å². The Hall–Kier alpha value is -1.59. The van der Waals surface area contributed by atoms with Crippen molar-refractivity contribution in [3.8, 4) is 0 Å². The zero-order valence-electron chi connectivity index (χ0n) is 47.1. The molecule has 0 N–H and O–H groups in total. The maximum Gasteiger partial charge on any atom is 0.306 e. The maximum absolute atomic E-state index is 12.8. The zero-order chi connectivity index (χ0) is 50.0. The number of hydrogen-bond donors (Lipinski definition) is 0. The smallest absolute Gasteiger partial charge is 0.306 e. The van der Waals surface area contributed by atoms with Gasteiger partial charge < -0.3 is 14.2 Å². The SMILES string of the molecule is CCCCCCCCCCCCCCCCCCCCCCCCCCCCCCCCC(=O)OCC(COC(=O)CCCCCCCC)OC(=O)CCCCCCCCCCCCCCCCC. The van der Waals surface area contributed by atoms with Crippen molar-refractivity contribution in [2.75, 3.05) is 13.2 Å². The number of ether oxygens (including phenoxy) is 3. The second kappa shape index (κ2) is 59.0. The highest BCUT2D eigenvalue weighted by Crippen LogP contribution is 2.19. The van der Waals surface area contributed by atoms with Crippen LogP contribution in [0.15, 0.2) is 0 Å². The van der Waals surface area contributed by atoms with Gasteiger partial charge in [-0.1, -0.05) is 329 Å². The predicted octanol–water partition coefficient (Wildman–Crippen LogP) is 21.1. The highest BCUT2D eigenvalue weighted by atomic mass is 16.6. The van der Waals surface area contributed by atoms with Crippen LogP contribution in [-0.2, 0) is 28.6 Å². The fourth-order valence-electron chi connectivity index (χ4n) is 9.86. The monoisotopic (exact) mass is 975 g/mol. The third-order valence-corrected chi connectivity index (χ3v) is 14.6. The zero-order valence-corrected chi connectivity index (χ0v) is 47.1. The molecule has 0 aliphatic heterocycles. The molecule has 0 fully saturated rings. The Bertz CT molecular complexity index is 1030. The average molecular weight is 976 g/mol. The van der Waals surface area contributed by atoms with Gasteiger partial charge in [-0.15, -0.1) is 0 Å². The summed E-state index contributed by atoms with van der Waals surface area (Å²) in [4.78, 5) is 37.9. The van der Waals surface area contributed by atoms with Crippen LogP contribution < -0.4 is 0 Å². The van der Waals surface area contributed by atoms with Gasteiger partial charge in [-0.05, 0) is 19.3 Å². The Balaban J connectivity index is 3.91. The van der Waals surface area contributed by atoms with Gasteiger partial charge in [-0.2, -0.15) is 0 Å². The lowest BCUT2D eigenvalue weighted by atomic mass is 10.0. The first-order valence-corrected chi connectivity index (χ1v) is 31.5. The van der Waals surface area contributed by atoms with Crippen LogP contribution in [0.2, 0.25) is 0 Å². The molecule has 0 amide bonds. The van der Waals surface area contributed by atoms with Crippen molar-refractivity contribution in [1.29, 1.82) is 0 Å². The van der Waals surface area contributed by atoms with Gasteiger partial charge in [0.1, 0.15) is 13.2 Å². The van der Waals surface area contributed by atoms with E-state index in [-0.39, 0.29) is 31.1 Å². The van der Waals surface area contributed by atoms with Crippen LogP contribution in [0.3, 0.4) is 0 Å². The molecule has 410 valence electrons. The van der Waals surface area contributed by atoms with Gasteiger partial charge in [0.2, 0.25) is 0 Å². The summed E-state index contributed by atoms with van der Waals surface area (Å²) in [6.07, 6.45) is 67.4. The van der Waals surface area contributed by atoms with Gasteiger partial charge in [-0.25, -0.2) is 0 Å². The first-order chi connectivity index (χ1) is 34.0. The van der Waals surface area contributed by atoms with E-state index in [1.165, 1.54) is 270 Å². The number of carbonyl (C=O) groups excluding carboxylic acids is 3. The van der Waals surface area contributed by atoms with Crippen LogP contribution in [0.4, 0.5) is 0 Å². The largest absolute Gasteiger partial charge is 0.462 e. The van der Waals surface area contributed by atoms with E-state index >= 15 is 0 Å². The lowest BCUT2D eigenvalue weighted by molar-refractivity contribution is -0.167. The van der Waals surface area contributed by atoms with Crippen LogP contribution in [-0.4, -0.2) is 37.2 Å². The molecule has 69 heavy (non-hydrogen) atoms. The van der Waals surface area contributed by atoms with E-state index in [1.807, 2.05) is 0 Å². The minimum absolute atomic E-state index is 0.0622. The maximum atomic E-state index is 12.8. The minimum Gasteiger partial charge on any atom is -0.462 e. The molecule has 1 unspecified atom stereocenters. The molecule has 6 nitrogen and oxygen atoms in total. The van der Waals surface area contributed by atoms with Crippen molar-refractivity contribution in [2.24, 2.45) is 0 Å². The summed E-state index contributed by atoms with van der Waals surface area (Å²) < 4.78 is 16.8. The normalized spacial score (nSPS) is 11.9. The molecule has 0 heterocycles. The van der Waals surface area contributed by atoms with Gasteiger partial charge in [0, 0.05) is 19.3 Å². The van der Waals surface area contributed by atoms with Crippen molar-refractivity contribution < 1.29 is 28.6 Å². The molecule has 0 spiro atoms. The average Bonchev–Trinajstić information content (AvgIpc) is 3.35. The van der Waals surface area contributed by atoms with E-state index in [1.54, 1.807) is 0 Å². The molecule has 0 saturated heterocycles. The molecule has 0 aliphatic carbocycles. The van der Waals surface area contributed by atoms with Crippen LogP contribution >= 0.6 is 0 Å².